The molecule has 2 fully saturated rings. The Morgan fingerprint density at radius 1 is 1.14 bits per heavy atom. The molecule has 3 unspecified atom stereocenters. The topological polar surface area (TPSA) is 36.4 Å². The van der Waals surface area contributed by atoms with E-state index in [0.717, 1.165) is 30.7 Å². The first-order valence-corrected chi connectivity index (χ1v) is 7.49. The van der Waals surface area contributed by atoms with Crippen LogP contribution in [0.5, 0.6) is 0 Å². The van der Waals surface area contributed by atoms with Crippen LogP contribution in [0.25, 0.3) is 0 Å². The molecule has 2 N–H and O–H groups in total. The molecule has 3 nitrogen and oxygen atoms in total. The summed E-state index contributed by atoms with van der Waals surface area (Å²) in [5.41, 5.74) is 0. The molecule has 0 saturated heterocycles. The molecule has 2 rings (SSSR count). The Morgan fingerprint density at radius 3 is 2.38 bits per heavy atom. The summed E-state index contributed by atoms with van der Waals surface area (Å²) >= 11 is 0. The summed E-state index contributed by atoms with van der Waals surface area (Å²) in [6.45, 7) is 0.664. The molecular weight excluding hydrogens is 394 g/mol. The normalized spacial score (nSPS) is 28.4. The van der Waals surface area contributed by atoms with Crippen LogP contribution in [0.15, 0.2) is 4.99 Å². The van der Waals surface area contributed by atoms with Crippen molar-refractivity contribution in [3.63, 3.8) is 0 Å². The van der Waals surface area contributed by atoms with Crippen molar-refractivity contribution in [2.45, 2.75) is 44.7 Å². The third-order valence-electron chi connectivity index (χ3n) is 4.62. The van der Waals surface area contributed by atoms with Crippen LogP contribution in [-0.2, 0) is 0 Å². The molecule has 0 aromatic rings. The Hall–Kier alpha value is -0.210. The van der Waals surface area contributed by atoms with E-state index in [4.69, 9.17) is 0 Å². The third-order valence-corrected chi connectivity index (χ3v) is 4.62. The van der Waals surface area contributed by atoms with Gasteiger partial charge in [-0.2, -0.15) is 13.2 Å². The zero-order chi connectivity index (χ0) is 14.6. The van der Waals surface area contributed by atoms with Gasteiger partial charge >= 0.3 is 6.18 Å². The largest absolute Gasteiger partial charge is 0.390 e. The number of fused-ring (bicyclic) bond motifs is 2. The molecule has 21 heavy (non-hydrogen) atoms. The van der Waals surface area contributed by atoms with Crippen molar-refractivity contribution in [1.82, 2.24) is 10.6 Å². The van der Waals surface area contributed by atoms with Crippen molar-refractivity contribution in [1.29, 1.82) is 0 Å². The summed E-state index contributed by atoms with van der Waals surface area (Å²) in [7, 11) is 1.58. The molecule has 0 radical (unpaired) electrons. The molecular formula is C14H25F3IN3. The van der Waals surface area contributed by atoms with Gasteiger partial charge in [0.05, 0.1) is 6.42 Å². The Morgan fingerprint density at radius 2 is 1.86 bits per heavy atom. The number of alkyl halides is 3. The predicted molar refractivity (Wildman–Crippen MR) is 89.0 cm³/mol. The van der Waals surface area contributed by atoms with Crippen molar-refractivity contribution in [3.05, 3.63) is 0 Å². The average Bonchev–Trinajstić information content (AvgIpc) is 2.97. The quantitative estimate of drug-likeness (QED) is 0.406. The number of hydrogen-bond acceptors (Lipinski definition) is 1. The number of aliphatic imine (C=N–C) groups is 1. The summed E-state index contributed by atoms with van der Waals surface area (Å²) < 4.78 is 36.2. The fraction of sp³-hybridized carbons (Fsp3) is 0.929. The van der Waals surface area contributed by atoms with E-state index in [1.807, 2.05) is 0 Å². The molecule has 124 valence electrons. The maximum absolute atomic E-state index is 12.1. The molecule has 2 saturated carbocycles. The Labute approximate surface area is 141 Å². The molecule has 0 aromatic heterocycles. The lowest BCUT2D eigenvalue weighted by Gasteiger charge is -2.22. The molecule has 0 heterocycles. The van der Waals surface area contributed by atoms with Crippen LogP contribution < -0.4 is 10.6 Å². The van der Waals surface area contributed by atoms with Crippen molar-refractivity contribution in [2.75, 3.05) is 20.1 Å². The molecule has 2 aliphatic carbocycles. The zero-order valence-electron chi connectivity index (χ0n) is 12.4. The van der Waals surface area contributed by atoms with E-state index in [-0.39, 0.29) is 30.5 Å². The van der Waals surface area contributed by atoms with Gasteiger partial charge in [-0.1, -0.05) is 6.42 Å². The monoisotopic (exact) mass is 419 g/mol. The van der Waals surface area contributed by atoms with Crippen LogP contribution in [0.4, 0.5) is 13.2 Å². The highest BCUT2D eigenvalue weighted by molar-refractivity contribution is 14.0. The number of hydrogen-bond donors (Lipinski definition) is 2. The molecule has 7 heteroatoms. The zero-order valence-corrected chi connectivity index (χ0v) is 14.7. The number of guanidine groups is 1. The van der Waals surface area contributed by atoms with Gasteiger partial charge in [0.1, 0.15) is 0 Å². The van der Waals surface area contributed by atoms with E-state index >= 15 is 0 Å². The van der Waals surface area contributed by atoms with E-state index in [1.54, 1.807) is 7.05 Å². The molecule has 2 bridgehead atoms. The van der Waals surface area contributed by atoms with E-state index in [9.17, 15) is 13.2 Å². The summed E-state index contributed by atoms with van der Waals surface area (Å²) in [6, 6.07) is 0. The Kier molecular flexibility index (Phi) is 7.56. The first kappa shape index (κ1) is 18.8. The highest BCUT2D eigenvalue weighted by atomic mass is 127. The van der Waals surface area contributed by atoms with Gasteiger partial charge < -0.3 is 10.6 Å². The second-order valence-electron chi connectivity index (χ2n) is 6.01. The lowest BCUT2D eigenvalue weighted by atomic mass is 9.86. The van der Waals surface area contributed by atoms with Crippen molar-refractivity contribution >= 4 is 29.9 Å². The van der Waals surface area contributed by atoms with E-state index in [1.165, 1.54) is 25.7 Å². The first-order valence-electron chi connectivity index (χ1n) is 7.49. The molecule has 0 aliphatic heterocycles. The number of nitrogens with one attached hydrogen (secondary N) is 2. The van der Waals surface area contributed by atoms with Crippen LogP contribution in [0.1, 0.15) is 38.5 Å². The minimum Gasteiger partial charge on any atom is -0.356 e. The average molecular weight is 419 g/mol. The van der Waals surface area contributed by atoms with Crippen LogP contribution in [0.3, 0.4) is 0 Å². The molecule has 3 atom stereocenters. The van der Waals surface area contributed by atoms with Crippen molar-refractivity contribution in [2.24, 2.45) is 22.7 Å². The van der Waals surface area contributed by atoms with Gasteiger partial charge in [-0.25, -0.2) is 0 Å². The van der Waals surface area contributed by atoms with Gasteiger partial charge in [-0.3, -0.25) is 4.99 Å². The van der Waals surface area contributed by atoms with Crippen LogP contribution >= 0.6 is 24.0 Å². The van der Waals surface area contributed by atoms with Gasteiger partial charge in [-0.15, -0.1) is 24.0 Å². The second-order valence-corrected chi connectivity index (χ2v) is 6.01. The first-order chi connectivity index (χ1) is 9.48. The predicted octanol–water partition coefficient (Wildman–Crippen LogP) is 3.55. The number of halogens is 4. The highest BCUT2D eigenvalue weighted by Crippen LogP contribution is 2.49. The maximum Gasteiger partial charge on any atom is 0.390 e. The number of nitrogens with zero attached hydrogens (tertiary/aromatic N) is 1. The summed E-state index contributed by atoms with van der Waals surface area (Å²) in [4.78, 5) is 3.95. The smallest absolute Gasteiger partial charge is 0.356 e. The number of rotatable bonds is 5. The van der Waals surface area contributed by atoms with Gasteiger partial charge in [-0.05, 0) is 43.4 Å². The van der Waals surface area contributed by atoms with Gasteiger partial charge in [0.25, 0.3) is 0 Å². The minimum absolute atomic E-state index is 0. The van der Waals surface area contributed by atoms with Gasteiger partial charge in [0, 0.05) is 20.1 Å². The fourth-order valence-corrected chi connectivity index (χ4v) is 3.65. The van der Waals surface area contributed by atoms with E-state index < -0.39 is 12.6 Å². The van der Waals surface area contributed by atoms with E-state index in [2.05, 4.69) is 15.6 Å². The fourth-order valence-electron chi connectivity index (χ4n) is 3.65. The second kappa shape index (κ2) is 8.43. The van der Waals surface area contributed by atoms with Crippen molar-refractivity contribution in [3.8, 4) is 0 Å². The van der Waals surface area contributed by atoms with Crippen LogP contribution in [0.2, 0.25) is 0 Å². The van der Waals surface area contributed by atoms with Crippen LogP contribution in [0, 0.1) is 17.8 Å². The molecule has 0 amide bonds. The van der Waals surface area contributed by atoms with Crippen LogP contribution in [-0.4, -0.2) is 32.3 Å². The van der Waals surface area contributed by atoms with Gasteiger partial charge in [0.15, 0.2) is 5.96 Å². The highest BCUT2D eigenvalue weighted by Gasteiger charge is 2.38. The van der Waals surface area contributed by atoms with Crippen molar-refractivity contribution < 1.29 is 13.2 Å². The molecule has 2 aliphatic rings. The SMILES string of the molecule is CN=C(NCCC1CC2CCC1C2)NCCC(F)(F)F.I. The Bertz CT molecular complexity index is 347. The van der Waals surface area contributed by atoms with Gasteiger partial charge in [0.2, 0.25) is 0 Å². The molecule has 0 spiro atoms. The van der Waals surface area contributed by atoms with E-state index in [0.29, 0.717) is 5.96 Å². The third kappa shape index (κ3) is 6.20. The lowest BCUT2D eigenvalue weighted by Crippen LogP contribution is -2.39. The summed E-state index contributed by atoms with van der Waals surface area (Å²) in [5, 5.41) is 5.82. The Balaban J connectivity index is 0.00000220. The summed E-state index contributed by atoms with van der Waals surface area (Å²) in [5.74, 6) is 3.10. The molecule has 0 aromatic carbocycles. The maximum atomic E-state index is 12.1. The standard InChI is InChI=1S/C14H24F3N3.HI/c1-18-13(20-7-5-14(15,16)17)19-6-4-12-9-10-2-3-11(12)8-10;/h10-12H,2-9H2,1H3,(H2,18,19,20);1H. The minimum atomic E-state index is -4.12. The lowest BCUT2D eigenvalue weighted by molar-refractivity contribution is -0.132. The summed E-state index contributed by atoms with van der Waals surface area (Å²) in [6.07, 6.45) is 1.65.